The van der Waals surface area contributed by atoms with E-state index in [4.69, 9.17) is 25.8 Å². The Bertz CT molecular complexity index is 424. The van der Waals surface area contributed by atoms with Gasteiger partial charge in [-0.25, -0.2) is 0 Å². The fourth-order valence-electron chi connectivity index (χ4n) is 2.11. The van der Waals surface area contributed by atoms with Crippen LogP contribution in [0.5, 0.6) is 0 Å². The number of rotatable bonds is 5. The van der Waals surface area contributed by atoms with Crippen molar-refractivity contribution in [3.05, 3.63) is 34.9 Å². The van der Waals surface area contributed by atoms with Crippen LogP contribution in [0.25, 0.3) is 0 Å². The molecule has 0 amide bonds. The van der Waals surface area contributed by atoms with Crippen molar-refractivity contribution >= 4 is 17.6 Å². The van der Waals surface area contributed by atoms with Gasteiger partial charge in [-0.05, 0) is 19.1 Å². The van der Waals surface area contributed by atoms with Crippen LogP contribution in [-0.4, -0.2) is 25.8 Å². The molecule has 0 N–H and O–H groups in total. The van der Waals surface area contributed by atoms with Gasteiger partial charge in [0.2, 0.25) is 0 Å². The number of benzene rings is 1. The molecule has 0 spiro atoms. The number of hydrogen-bond acceptors (Lipinski definition) is 4. The second kappa shape index (κ2) is 6.37. The van der Waals surface area contributed by atoms with Gasteiger partial charge in [0, 0.05) is 17.0 Å². The number of ether oxygens (including phenoxy) is 3. The lowest BCUT2D eigenvalue weighted by molar-refractivity contribution is -0.177. The molecule has 0 aliphatic carbocycles. The molecule has 104 valence electrons. The fraction of sp³-hybridized carbons (Fsp3) is 0.500. The third kappa shape index (κ3) is 3.47. The molecule has 0 atom stereocenters. The third-order valence-electron chi connectivity index (χ3n) is 3.00. The number of hydrogen-bond donors (Lipinski definition) is 0. The van der Waals surface area contributed by atoms with E-state index < -0.39 is 5.79 Å². The van der Waals surface area contributed by atoms with Crippen LogP contribution >= 0.6 is 11.6 Å². The Morgan fingerprint density at radius 1 is 1.32 bits per heavy atom. The van der Waals surface area contributed by atoms with E-state index >= 15 is 0 Å². The van der Waals surface area contributed by atoms with Crippen molar-refractivity contribution in [1.82, 2.24) is 0 Å². The highest BCUT2D eigenvalue weighted by Gasteiger charge is 2.38. The first kappa shape index (κ1) is 14.3. The van der Waals surface area contributed by atoms with E-state index in [0.29, 0.717) is 31.3 Å². The third-order valence-corrected chi connectivity index (χ3v) is 3.25. The quantitative estimate of drug-likeness (QED) is 0.780. The molecule has 0 saturated carbocycles. The Hall–Kier alpha value is -1.10. The van der Waals surface area contributed by atoms with Gasteiger partial charge >= 0.3 is 5.97 Å². The molecule has 1 saturated heterocycles. The van der Waals surface area contributed by atoms with Crippen LogP contribution in [0.4, 0.5) is 0 Å². The Labute approximate surface area is 117 Å². The molecular weight excluding hydrogens is 268 g/mol. The van der Waals surface area contributed by atoms with E-state index in [0.717, 1.165) is 5.56 Å². The maximum absolute atomic E-state index is 11.5. The van der Waals surface area contributed by atoms with Gasteiger partial charge in [-0.2, -0.15) is 0 Å². The molecule has 1 aliphatic rings. The molecular formula is C14H17ClO4. The van der Waals surface area contributed by atoms with E-state index in [1.54, 1.807) is 19.1 Å². The van der Waals surface area contributed by atoms with Crippen LogP contribution in [0.2, 0.25) is 5.02 Å². The fourth-order valence-corrected chi connectivity index (χ4v) is 2.24. The minimum absolute atomic E-state index is 0.241. The van der Waals surface area contributed by atoms with Crippen LogP contribution < -0.4 is 0 Å². The zero-order valence-electron chi connectivity index (χ0n) is 10.9. The lowest BCUT2D eigenvalue weighted by atomic mass is 10.0. The zero-order chi connectivity index (χ0) is 13.7. The highest BCUT2D eigenvalue weighted by atomic mass is 35.5. The first-order valence-corrected chi connectivity index (χ1v) is 6.74. The summed E-state index contributed by atoms with van der Waals surface area (Å²) in [5.41, 5.74) is 0.874. The summed E-state index contributed by atoms with van der Waals surface area (Å²) < 4.78 is 16.4. The van der Waals surface area contributed by atoms with Crippen molar-refractivity contribution in [2.75, 3.05) is 19.8 Å². The second-order valence-electron chi connectivity index (χ2n) is 4.26. The van der Waals surface area contributed by atoms with Crippen molar-refractivity contribution in [3.63, 3.8) is 0 Å². The van der Waals surface area contributed by atoms with Crippen LogP contribution in [0.3, 0.4) is 0 Å². The van der Waals surface area contributed by atoms with Crippen LogP contribution in [0.15, 0.2) is 24.3 Å². The minimum atomic E-state index is -0.850. The molecule has 5 heteroatoms. The average Bonchev–Trinajstić information content (AvgIpc) is 2.88. The van der Waals surface area contributed by atoms with E-state index in [2.05, 4.69) is 0 Å². The zero-order valence-corrected chi connectivity index (χ0v) is 11.6. The van der Waals surface area contributed by atoms with Crippen LogP contribution in [0, 0.1) is 0 Å². The number of carbonyl (C=O) groups excluding carboxylic acids is 1. The standard InChI is InChI=1S/C14H17ClO4/c1-2-17-13(16)7-8-14(18-9-10-19-14)11-3-5-12(15)6-4-11/h3-6H,2,7-10H2,1H3. The first-order valence-electron chi connectivity index (χ1n) is 6.36. The second-order valence-corrected chi connectivity index (χ2v) is 4.70. The summed E-state index contributed by atoms with van der Waals surface area (Å²) in [6, 6.07) is 7.29. The van der Waals surface area contributed by atoms with Gasteiger partial charge in [-0.1, -0.05) is 23.7 Å². The molecule has 2 rings (SSSR count). The van der Waals surface area contributed by atoms with E-state index in [1.807, 2.05) is 12.1 Å². The molecule has 1 fully saturated rings. The van der Waals surface area contributed by atoms with Gasteiger partial charge < -0.3 is 14.2 Å². The number of esters is 1. The summed E-state index contributed by atoms with van der Waals surface area (Å²) in [7, 11) is 0. The maximum Gasteiger partial charge on any atom is 0.305 e. The predicted octanol–water partition coefficient (Wildman–Crippen LogP) is 2.88. The predicted molar refractivity (Wildman–Crippen MR) is 70.9 cm³/mol. The van der Waals surface area contributed by atoms with Gasteiger partial charge in [0.25, 0.3) is 0 Å². The molecule has 19 heavy (non-hydrogen) atoms. The molecule has 1 heterocycles. The SMILES string of the molecule is CCOC(=O)CCC1(c2ccc(Cl)cc2)OCCO1. The molecule has 0 aromatic heterocycles. The highest BCUT2D eigenvalue weighted by molar-refractivity contribution is 6.30. The van der Waals surface area contributed by atoms with Crippen molar-refractivity contribution < 1.29 is 19.0 Å². The summed E-state index contributed by atoms with van der Waals surface area (Å²) in [6.45, 7) is 3.21. The Kier molecular flexibility index (Phi) is 4.80. The molecule has 0 unspecified atom stereocenters. The van der Waals surface area contributed by atoms with Gasteiger partial charge in [-0.3, -0.25) is 4.79 Å². The summed E-state index contributed by atoms with van der Waals surface area (Å²) in [4.78, 5) is 11.5. The highest BCUT2D eigenvalue weighted by Crippen LogP contribution is 2.36. The largest absolute Gasteiger partial charge is 0.466 e. The summed E-state index contributed by atoms with van der Waals surface area (Å²) >= 11 is 5.88. The summed E-state index contributed by atoms with van der Waals surface area (Å²) in [5, 5.41) is 0.655. The number of halogens is 1. The first-order chi connectivity index (χ1) is 9.16. The Balaban J connectivity index is 2.09. The van der Waals surface area contributed by atoms with Gasteiger partial charge in [0.1, 0.15) is 0 Å². The monoisotopic (exact) mass is 284 g/mol. The summed E-state index contributed by atoms with van der Waals surface area (Å²) in [6.07, 6.45) is 0.698. The molecule has 1 aromatic carbocycles. The van der Waals surface area contributed by atoms with Crippen LogP contribution in [0.1, 0.15) is 25.3 Å². The Morgan fingerprint density at radius 3 is 2.53 bits per heavy atom. The van der Waals surface area contributed by atoms with E-state index in [-0.39, 0.29) is 12.4 Å². The Morgan fingerprint density at radius 2 is 1.95 bits per heavy atom. The van der Waals surface area contributed by atoms with E-state index in [9.17, 15) is 4.79 Å². The molecule has 1 aromatic rings. The number of carbonyl (C=O) groups is 1. The molecule has 1 aliphatic heterocycles. The van der Waals surface area contributed by atoms with E-state index in [1.165, 1.54) is 0 Å². The smallest absolute Gasteiger partial charge is 0.305 e. The van der Waals surface area contributed by atoms with Crippen molar-refractivity contribution in [2.24, 2.45) is 0 Å². The molecule has 0 bridgehead atoms. The van der Waals surface area contributed by atoms with Crippen LogP contribution in [-0.2, 0) is 24.8 Å². The van der Waals surface area contributed by atoms with Gasteiger partial charge in [-0.15, -0.1) is 0 Å². The lowest BCUT2D eigenvalue weighted by Crippen LogP contribution is -2.28. The molecule has 0 radical (unpaired) electrons. The van der Waals surface area contributed by atoms with Crippen molar-refractivity contribution in [2.45, 2.75) is 25.6 Å². The maximum atomic E-state index is 11.5. The minimum Gasteiger partial charge on any atom is -0.466 e. The molecule has 4 nitrogen and oxygen atoms in total. The normalized spacial score (nSPS) is 17.4. The average molecular weight is 285 g/mol. The van der Waals surface area contributed by atoms with Gasteiger partial charge in [0.05, 0.1) is 26.2 Å². The summed E-state index contributed by atoms with van der Waals surface area (Å²) in [5.74, 6) is -1.09. The van der Waals surface area contributed by atoms with Crippen molar-refractivity contribution in [3.8, 4) is 0 Å². The topological polar surface area (TPSA) is 44.8 Å². The van der Waals surface area contributed by atoms with Gasteiger partial charge in [0.15, 0.2) is 5.79 Å². The van der Waals surface area contributed by atoms with Crippen molar-refractivity contribution in [1.29, 1.82) is 0 Å². The lowest BCUT2D eigenvalue weighted by Gasteiger charge is -2.27.